The molecular weight excluding hydrogens is 562 g/mol. The van der Waals surface area contributed by atoms with E-state index in [1.807, 2.05) is 38.1 Å². The molecule has 240 valence electrons. The number of Topliss-reactive ketones (excluding diaryl/α,β-unsaturated/α-hetero) is 1. The largest absolute Gasteiger partial charge is 0.369 e. The molecule has 3 fully saturated rings. The third-order valence-corrected chi connectivity index (χ3v) is 10.2. The molecular formula is C37H49N5O3. The van der Waals surface area contributed by atoms with E-state index < -0.39 is 5.41 Å². The van der Waals surface area contributed by atoms with E-state index in [-0.39, 0.29) is 23.0 Å². The van der Waals surface area contributed by atoms with Gasteiger partial charge in [-0.2, -0.15) is 5.10 Å². The van der Waals surface area contributed by atoms with E-state index in [4.69, 9.17) is 0 Å². The van der Waals surface area contributed by atoms with Crippen LogP contribution in [-0.2, 0) is 20.8 Å². The number of hydrogen-bond acceptors (Lipinski definition) is 6. The van der Waals surface area contributed by atoms with Crippen LogP contribution in [0.2, 0.25) is 0 Å². The number of anilines is 1. The number of carbonyl (C=O) groups is 3. The molecule has 0 aromatic heterocycles. The van der Waals surface area contributed by atoms with Crippen LogP contribution in [0.4, 0.5) is 5.69 Å². The summed E-state index contributed by atoms with van der Waals surface area (Å²) < 4.78 is 0. The maximum Gasteiger partial charge on any atom is 0.241 e. The molecule has 3 aliphatic carbocycles. The summed E-state index contributed by atoms with van der Waals surface area (Å²) in [6.07, 6.45) is 7.85. The summed E-state index contributed by atoms with van der Waals surface area (Å²) in [7, 11) is 0. The van der Waals surface area contributed by atoms with Crippen LogP contribution in [-0.4, -0.2) is 67.5 Å². The number of nitrogens with zero attached hydrogens (tertiary/aromatic N) is 3. The molecule has 2 N–H and O–H groups in total. The number of fused-ring (bicyclic) bond motifs is 2. The predicted octanol–water partition coefficient (Wildman–Crippen LogP) is 5.15. The number of hydrazone groups is 1. The van der Waals surface area contributed by atoms with Gasteiger partial charge in [-0.05, 0) is 75.1 Å². The van der Waals surface area contributed by atoms with Crippen LogP contribution < -0.4 is 15.6 Å². The average molecular weight is 612 g/mol. The van der Waals surface area contributed by atoms with E-state index in [9.17, 15) is 14.4 Å². The Labute approximate surface area is 268 Å². The Morgan fingerprint density at radius 3 is 2.27 bits per heavy atom. The third-order valence-electron chi connectivity index (χ3n) is 10.2. The first kappa shape index (κ1) is 32.6. The first-order valence-corrected chi connectivity index (χ1v) is 16.6. The van der Waals surface area contributed by atoms with E-state index in [0.717, 1.165) is 77.0 Å². The molecule has 2 saturated carbocycles. The SMILES string of the molecule is CC1(C)C(=O)C2(C(=O)NCCc3ccccc3)CCC1C2.CC1=C/C(=N\NC(=O)CCN2CCN(c3ccccc3)CC2)CC1. The number of allylic oxidation sites excluding steroid dienone is 2. The maximum absolute atomic E-state index is 12.6. The molecule has 0 spiro atoms. The van der Waals surface area contributed by atoms with E-state index in [0.29, 0.717) is 18.9 Å². The molecule has 2 aromatic carbocycles. The van der Waals surface area contributed by atoms with Crippen molar-refractivity contribution in [3.05, 3.63) is 77.9 Å². The Hall–Kier alpha value is -3.78. The molecule has 4 aliphatic rings. The van der Waals surface area contributed by atoms with E-state index in [1.54, 1.807) is 0 Å². The number of para-hydroxylation sites is 1. The highest BCUT2D eigenvalue weighted by molar-refractivity contribution is 6.10. The first-order chi connectivity index (χ1) is 21.7. The second-order valence-corrected chi connectivity index (χ2v) is 13.6. The predicted molar refractivity (Wildman–Crippen MR) is 180 cm³/mol. The molecule has 1 heterocycles. The fourth-order valence-electron chi connectivity index (χ4n) is 7.27. The molecule has 45 heavy (non-hydrogen) atoms. The zero-order chi connectivity index (χ0) is 31.9. The second-order valence-electron chi connectivity index (χ2n) is 13.6. The number of ketones is 1. The molecule has 1 saturated heterocycles. The summed E-state index contributed by atoms with van der Waals surface area (Å²) in [5.41, 5.74) is 6.44. The van der Waals surface area contributed by atoms with Gasteiger partial charge in [0.1, 0.15) is 5.41 Å². The summed E-state index contributed by atoms with van der Waals surface area (Å²) in [6, 6.07) is 20.6. The lowest BCUT2D eigenvalue weighted by Crippen LogP contribution is -2.47. The number of rotatable bonds is 9. The zero-order valence-corrected chi connectivity index (χ0v) is 27.2. The third kappa shape index (κ3) is 7.90. The van der Waals surface area contributed by atoms with Gasteiger partial charge in [-0.1, -0.05) is 68.0 Å². The molecule has 2 unspecified atom stereocenters. The first-order valence-electron chi connectivity index (χ1n) is 16.6. The van der Waals surface area contributed by atoms with Gasteiger partial charge in [0.05, 0.1) is 5.71 Å². The van der Waals surface area contributed by atoms with Crippen LogP contribution in [0.1, 0.15) is 64.9 Å². The Balaban J connectivity index is 0.000000179. The van der Waals surface area contributed by atoms with Gasteiger partial charge in [-0.25, -0.2) is 5.43 Å². The molecule has 2 amide bonds. The minimum Gasteiger partial charge on any atom is -0.369 e. The summed E-state index contributed by atoms with van der Waals surface area (Å²) in [6.45, 7) is 11.5. The van der Waals surface area contributed by atoms with Crippen molar-refractivity contribution < 1.29 is 14.4 Å². The van der Waals surface area contributed by atoms with Crippen LogP contribution in [0.15, 0.2) is 77.4 Å². The smallest absolute Gasteiger partial charge is 0.241 e. The highest BCUT2D eigenvalue weighted by Crippen LogP contribution is 2.60. The highest BCUT2D eigenvalue weighted by Gasteiger charge is 2.64. The van der Waals surface area contributed by atoms with Gasteiger partial charge in [-0.15, -0.1) is 0 Å². The lowest BCUT2D eigenvalue weighted by molar-refractivity contribution is -0.145. The molecule has 1 aliphatic heterocycles. The minimum atomic E-state index is -0.731. The Bertz CT molecular complexity index is 1400. The van der Waals surface area contributed by atoms with E-state index >= 15 is 0 Å². The number of carbonyl (C=O) groups excluding carboxylic acids is 3. The van der Waals surface area contributed by atoms with Crippen LogP contribution in [0.3, 0.4) is 0 Å². The monoisotopic (exact) mass is 611 g/mol. The standard InChI is InChI=1S/C19H26N4O.C18H23NO2/c1-16-7-8-17(15-16)20-21-19(24)9-10-22-11-13-23(14-12-22)18-5-3-2-4-6-18;1-17(2)14-8-10-18(12-14,15(17)20)16(21)19-11-9-13-6-4-3-5-7-13/h2-6,15H,7-14H2,1H3,(H,21,24);3-7,14H,8-12H2,1-2H3,(H,19,21)/b20-17-;. The van der Waals surface area contributed by atoms with Crippen molar-refractivity contribution in [1.29, 1.82) is 0 Å². The molecule has 8 nitrogen and oxygen atoms in total. The average Bonchev–Trinajstić information content (AvgIpc) is 3.75. The number of nitrogens with one attached hydrogen (secondary N) is 2. The molecule has 2 bridgehead atoms. The van der Waals surface area contributed by atoms with Gasteiger partial charge in [0, 0.05) is 56.8 Å². The van der Waals surface area contributed by atoms with Gasteiger partial charge >= 0.3 is 0 Å². The van der Waals surface area contributed by atoms with Crippen LogP contribution in [0, 0.1) is 16.7 Å². The number of hydrogen-bond donors (Lipinski definition) is 2. The van der Waals surface area contributed by atoms with E-state index in [2.05, 4.69) is 75.0 Å². The molecule has 2 aromatic rings. The van der Waals surface area contributed by atoms with Crippen LogP contribution in [0.25, 0.3) is 0 Å². The fourth-order valence-corrected chi connectivity index (χ4v) is 7.27. The van der Waals surface area contributed by atoms with Crippen molar-refractivity contribution in [1.82, 2.24) is 15.6 Å². The zero-order valence-electron chi connectivity index (χ0n) is 27.2. The van der Waals surface area contributed by atoms with Gasteiger partial charge in [0.15, 0.2) is 5.78 Å². The Morgan fingerprint density at radius 2 is 1.64 bits per heavy atom. The Kier molecular flexibility index (Phi) is 10.5. The lowest BCUT2D eigenvalue weighted by atomic mass is 9.70. The quantitative estimate of drug-likeness (QED) is 0.302. The van der Waals surface area contributed by atoms with Crippen LogP contribution >= 0.6 is 0 Å². The van der Waals surface area contributed by atoms with Gasteiger partial charge in [-0.3, -0.25) is 19.3 Å². The van der Waals surface area contributed by atoms with Gasteiger partial charge in [0.25, 0.3) is 0 Å². The second kappa shape index (κ2) is 14.5. The fraction of sp³-hybridized carbons (Fsp3) is 0.514. The summed E-state index contributed by atoms with van der Waals surface area (Å²) in [5.74, 6) is 0.496. The Morgan fingerprint density at radius 1 is 0.956 bits per heavy atom. The van der Waals surface area contributed by atoms with Gasteiger partial charge < -0.3 is 10.2 Å². The number of amides is 2. The van der Waals surface area contributed by atoms with Crippen molar-refractivity contribution in [2.24, 2.45) is 21.8 Å². The number of benzene rings is 2. The van der Waals surface area contributed by atoms with Gasteiger partial charge in [0.2, 0.25) is 11.8 Å². The molecule has 2 atom stereocenters. The van der Waals surface area contributed by atoms with Crippen molar-refractivity contribution in [2.45, 2.75) is 65.7 Å². The molecule has 0 radical (unpaired) electrons. The van der Waals surface area contributed by atoms with Crippen molar-refractivity contribution >= 4 is 29.0 Å². The maximum atomic E-state index is 12.6. The molecule has 6 rings (SSSR count). The number of piperazine rings is 1. The normalized spacial score (nSPS) is 24.6. The van der Waals surface area contributed by atoms with Crippen molar-refractivity contribution in [2.75, 3.05) is 44.2 Å². The van der Waals surface area contributed by atoms with E-state index in [1.165, 1.54) is 16.8 Å². The molecule has 8 heteroatoms. The van der Waals surface area contributed by atoms with Crippen LogP contribution in [0.5, 0.6) is 0 Å². The summed E-state index contributed by atoms with van der Waals surface area (Å²) >= 11 is 0. The minimum absolute atomic E-state index is 0.00550. The highest BCUT2D eigenvalue weighted by atomic mass is 16.2. The lowest BCUT2D eigenvalue weighted by Gasteiger charge is -2.36. The summed E-state index contributed by atoms with van der Waals surface area (Å²) in [4.78, 5) is 41.9. The summed E-state index contributed by atoms with van der Waals surface area (Å²) in [5, 5.41) is 7.20. The van der Waals surface area contributed by atoms with Crippen molar-refractivity contribution in [3.8, 4) is 0 Å². The topological polar surface area (TPSA) is 94.1 Å². The van der Waals surface area contributed by atoms with Crippen molar-refractivity contribution in [3.63, 3.8) is 0 Å².